The molecule has 0 heterocycles. The molecule has 0 atom stereocenters. The molecule has 10 aromatic rings. The van der Waals surface area contributed by atoms with Crippen LogP contribution in [0.15, 0.2) is 206 Å². The standard InChI is InChI=1S/C58H40O2/c1-59-44-33-29-42(30-34-44)53-55-46-27-15-25-37-26-16-28-47(48(37)46)56(55)54(43-31-35-45(60-2)36-32-43)58-52(41-23-13-6-14-24-41)50(39-19-9-4-10-20-39)49(38-17-7-3-8-18-38)51(57(53)58)40-21-11-5-12-22-40/h3-36H,1-2H3. The van der Waals surface area contributed by atoms with Crippen molar-refractivity contribution in [1.82, 2.24) is 0 Å². The van der Waals surface area contributed by atoms with Crippen LogP contribution in [-0.4, -0.2) is 14.2 Å². The molecule has 2 heteroatoms. The second kappa shape index (κ2) is 14.6. The first-order valence-corrected chi connectivity index (χ1v) is 20.5. The van der Waals surface area contributed by atoms with Crippen LogP contribution in [0.3, 0.4) is 0 Å². The number of hydrogen-bond donors (Lipinski definition) is 0. The highest BCUT2D eigenvalue weighted by molar-refractivity contribution is 6.34. The van der Waals surface area contributed by atoms with Crippen molar-refractivity contribution in [3.63, 3.8) is 0 Å². The lowest BCUT2D eigenvalue weighted by Gasteiger charge is -2.30. The van der Waals surface area contributed by atoms with Gasteiger partial charge in [-0.1, -0.05) is 182 Å². The van der Waals surface area contributed by atoms with Gasteiger partial charge in [-0.05, 0) is 135 Å². The second-order valence-corrected chi connectivity index (χ2v) is 15.4. The van der Waals surface area contributed by atoms with Gasteiger partial charge >= 0.3 is 0 Å². The van der Waals surface area contributed by atoms with Gasteiger partial charge in [0, 0.05) is 0 Å². The fraction of sp³-hybridized carbons (Fsp3) is 0.0345. The first kappa shape index (κ1) is 35.5. The Bertz CT molecular complexity index is 2990. The highest BCUT2D eigenvalue weighted by Crippen LogP contribution is 2.63. The highest BCUT2D eigenvalue weighted by Gasteiger charge is 2.35. The Morgan fingerprint density at radius 1 is 0.233 bits per heavy atom. The average molecular weight is 769 g/mol. The maximum Gasteiger partial charge on any atom is 0.118 e. The third kappa shape index (κ3) is 5.56. The van der Waals surface area contributed by atoms with Crippen LogP contribution in [0.5, 0.6) is 11.5 Å². The molecule has 1 aliphatic carbocycles. The predicted molar refractivity (Wildman–Crippen MR) is 252 cm³/mol. The van der Waals surface area contributed by atoms with Crippen LogP contribution in [0.2, 0.25) is 0 Å². The first-order chi connectivity index (χ1) is 29.7. The Hall–Kier alpha value is -7.68. The third-order valence-corrected chi connectivity index (χ3v) is 12.2. The Kier molecular flexibility index (Phi) is 8.64. The fourth-order valence-electron chi connectivity index (χ4n) is 9.71. The summed E-state index contributed by atoms with van der Waals surface area (Å²) in [7, 11) is 3.47. The van der Waals surface area contributed by atoms with E-state index in [-0.39, 0.29) is 0 Å². The van der Waals surface area contributed by atoms with Gasteiger partial charge in [-0.2, -0.15) is 0 Å². The zero-order valence-electron chi connectivity index (χ0n) is 33.4. The van der Waals surface area contributed by atoms with Gasteiger partial charge in [0.05, 0.1) is 14.2 Å². The normalized spacial score (nSPS) is 11.5. The van der Waals surface area contributed by atoms with E-state index in [0.717, 1.165) is 44.9 Å². The van der Waals surface area contributed by atoms with Crippen molar-refractivity contribution < 1.29 is 9.47 Å². The molecule has 0 N–H and O–H groups in total. The molecule has 1 aliphatic rings. The number of hydrogen-bond acceptors (Lipinski definition) is 2. The van der Waals surface area contributed by atoms with Gasteiger partial charge in [0.15, 0.2) is 0 Å². The van der Waals surface area contributed by atoms with Gasteiger partial charge in [0.25, 0.3) is 0 Å². The third-order valence-electron chi connectivity index (χ3n) is 12.2. The minimum atomic E-state index is 0.824. The Labute approximate surface area is 350 Å². The van der Waals surface area contributed by atoms with Crippen LogP contribution in [-0.2, 0) is 0 Å². The lowest BCUT2D eigenvalue weighted by Crippen LogP contribution is -2.02. The summed E-state index contributed by atoms with van der Waals surface area (Å²) in [5.41, 5.74) is 19.1. The zero-order chi connectivity index (χ0) is 40.2. The minimum absolute atomic E-state index is 0.824. The summed E-state index contributed by atoms with van der Waals surface area (Å²) in [6, 6.07) is 75.0. The van der Waals surface area contributed by atoms with E-state index in [0.29, 0.717) is 0 Å². The molecule has 0 saturated carbocycles. The number of methoxy groups -OCH3 is 2. The van der Waals surface area contributed by atoms with E-state index < -0.39 is 0 Å². The SMILES string of the molecule is COc1ccc(-c2c3c(c(-c4ccc(OC)cc4)c4c(-c5ccccc5)c(-c5ccccc5)c(-c5ccccc5)c(-c5ccccc5)c24)-c2cccc4cccc-3c24)cc1. The molecule has 0 spiro atoms. The lowest BCUT2D eigenvalue weighted by molar-refractivity contribution is 0.415. The van der Waals surface area contributed by atoms with Gasteiger partial charge in [-0.15, -0.1) is 0 Å². The average Bonchev–Trinajstić information content (AvgIpc) is 3.66. The molecule has 0 aliphatic heterocycles. The molecule has 10 aromatic carbocycles. The summed E-state index contributed by atoms with van der Waals surface area (Å²) in [5.74, 6) is 1.65. The monoisotopic (exact) mass is 768 g/mol. The van der Waals surface area contributed by atoms with E-state index in [1.165, 1.54) is 77.2 Å². The minimum Gasteiger partial charge on any atom is -0.497 e. The molecule has 0 unspecified atom stereocenters. The summed E-state index contributed by atoms with van der Waals surface area (Å²) >= 11 is 0. The Morgan fingerprint density at radius 3 is 0.867 bits per heavy atom. The highest BCUT2D eigenvalue weighted by atomic mass is 16.5. The maximum absolute atomic E-state index is 5.78. The van der Waals surface area contributed by atoms with Crippen molar-refractivity contribution in [2.45, 2.75) is 0 Å². The predicted octanol–water partition coefficient (Wildman–Crippen LogP) is 15.7. The fourth-order valence-corrected chi connectivity index (χ4v) is 9.71. The van der Waals surface area contributed by atoms with E-state index in [4.69, 9.17) is 9.47 Å². The number of benzene rings is 10. The van der Waals surface area contributed by atoms with Crippen molar-refractivity contribution in [2.75, 3.05) is 14.2 Å². The molecule has 0 saturated heterocycles. The summed E-state index contributed by atoms with van der Waals surface area (Å²) in [5, 5.41) is 4.92. The lowest BCUT2D eigenvalue weighted by atomic mass is 9.73. The van der Waals surface area contributed by atoms with E-state index >= 15 is 0 Å². The molecule has 284 valence electrons. The van der Waals surface area contributed by atoms with Gasteiger partial charge < -0.3 is 9.47 Å². The van der Waals surface area contributed by atoms with E-state index in [9.17, 15) is 0 Å². The van der Waals surface area contributed by atoms with Gasteiger partial charge in [-0.3, -0.25) is 0 Å². The molecule has 0 fully saturated rings. The van der Waals surface area contributed by atoms with Crippen LogP contribution in [0, 0.1) is 0 Å². The maximum atomic E-state index is 5.78. The summed E-state index contributed by atoms with van der Waals surface area (Å²) in [6.07, 6.45) is 0. The molecule has 60 heavy (non-hydrogen) atoms. The second-order valence-electron chi connectivity index (χ2n) is 15.4. The Balaban J connectivity index is 1.52. The van der Waals surface area contributed by atoms with E-state index in [1.807, 2.05) is 0 Å². The molecule has 0 amide bonds. The number of rotatable bonds is 8. The molecular weight excluding hydrogens is 729 g/mol. The first-order valence-electron chi connectivity index (χ1n) is 20.5. The van der Waals surface area contributed by atoms with Gasteiger partial charge in [-0.25, -0.2) is 0 Å². The van der Waals surface area contributed by atoms with Crippen LogP contribution in [0.25, 0.3) is 111 Å². The molecule has 2 nitrogen and oxygen atoms in total. The van der Waals surface area contributed by atoms with Crippen LogP contribution in [0.4, 0.5) is 0 Å². The number of ether oxygens (including phenoxy) is 2. The summed E-state index contributed by atoms with van der Waals surface area (Å²) in [4.78, 5) is 0. The summed E-state index contributed by atoms with van der Waals surface area (Å²) in [6.45, 7) is 0. The van der Waals surface area contributed by atoms with E-state index in [2.05, 4.69) is 206 Å². The van der Waals surface area contributed by atoms with Crippen molar-refractivity contribution in [2.24, 2.45) is 0 Å². The van der Waals surface area contributed by atoms with Crippen molar-refractivity contribution in [3.05, 3.63) is 206 Å². The molecule has 0 bridgehead atoms. The van der Waals surface area contributed by atoms with Crippen molar-refractivity contribution >= 4 is 21.5 Å². The molecular formula is C58H40O2. The molecule has 11 rings (SSSR count). The topological polar surface area (TPSA) is 18.5 Å². The van der Waals surface area contributed by atoms with E-state index in [1.54, 1.807) is 14.2 Å². The molecule has 0 radical (unpaired) electrons. The summed E-state index contributed by atoms with van der Waals surface area (Å²) < 4.78 is 11.6. The molecule has 0 aromatic heterocycles. The van der Waals surface area contributed by atoms with Gasteiger partial charge in [0.1, 0.15) is 11.5 Å². The van der Waals surface area contributed by atoms with Crippen molar-refractivity contribution in [3.8, 4) is 101 Å². The van der Waals surface area contributed by atoms with Gasteiger partial charge in [0.2, 0.25) is 0 Å². The van der Waals surface area contributed by atoms with Crippen molar-refractivity contribution in [1.29, 1.82) is 0 Å². The van der Waals surface area contributed by atoms with Crippen LogP contribution in [0.1, 0.15) is 0 Å². The Morgan fingerprint density at radius 2 is 0.533 bits per heavy atom. The zero-order valence-corrected chi connectivity index (χ0v) is 33.4. The quantitative estimate of drug-likeness (QED) is 0.153. The smallest absolute Gasteiger partial charge is 0.118 e. The van der Waals surface area contributed by atoms with Crippen LogP contribution < -0.4 is 9.47 Å². The number of fused-ring (bicyclic) bond motifs is 4. The largest absolute Gasteiger partial charge is 0.497 e. The van der Waals surface area contributed by atoms with Crippen LogP contribution >= 0.6 is 0 Å².